The third-order valence-corrected chi connectivity index (χ3v) is 4.87. The zero-order chi connectivity index (χ0) is 16.3. The monoisotopic (exact) mass is 321 g/mol. The summed E-state index contributed by atoms with van der Waals surface area (Å²) >= 11 is 0. The molecule has 1 aliphatic heterocycles. The van der Waals surface area contributed by atoms with Crippen molar-refractivity contribution >= 4 is 11.9 Å². The number of amides is 1. The molecule has 2 heterocycles. The predicted octanol–water partition coefficient (Wildman–Crippen LogP) is 1.02. The van der Waals surface area contributed by atoms with E-state index in [-0.39, 0.29) is 24.2 Å². The molecule has 3 rings (SSSR count). The van der Waals surface area contributed by atoms with Crippen LogP contribution in [0.5, 0.6) is 0 Å². The van der Waals surface area contributed by atoms with Crippen molar-refractivity contribution in [1.82, 2.24) is 14.9 Å². The molecule has 1 unspecified atom stereocenters. The molecule has 1 aliphatic carbocycles. The lowest BCUT2D eigenvalue weighted by molar-refractivity contribution is -0.150. The second kappa shape index (κ2) is 6.70. The highest BCUT2D eigenvalue weighted by Crippen LogP contribution is 2.45. The lowest BCUT2D eigenvalue weighted by Crippen LogP contribution is -2.42. The maximum atomic E-state index is 12.6. The zero-order valence-electron chi connectivity index (χ0n) is 13.4. The third-order valence-electron chi connectivity index (χ3n) is 4.87. The van der Waals surface area contributed by atoms with E-state index in [9.17, 15) is 9.59 Å². The standard InChI is InChI=1S/C16H23N3O4/c1-22-7-6-19-11-17-9-12(19)10-18-15(21)13-8-14(20)23-16(13)4-2-3-5-16/h9,11,13H,2-8,10H2,1H3,(H,18,21). The van der Waals surface area contributed by atoms with E-state index in [0.717, 1.165) is 31.4 Å². The van der Waals surface area contributed by atoms with Gasteiger partial charge >= 0.3 is 5.97 Å². The number of esters is 1. The van der Waals surface area contributed by atoms with Crippen LogP contribution in [0.25, 0.3) is 0 Å². The molecule has 1 atom stereocenters. The van der Waals surface area contributed by atoms with Gasteiger partial charge in [-0.1, -0.05) is 0 Å². The summed E-state index contributed by atoms with van der Waals surface area (Å²) in [7, 11) is 1.65. The average Bonchev–Trinajstić information content (AvgIpc) is 3.24. The van der Waals surface area contributed by atoms with Gasteiger partial charge in [-0.05, 0) is 25.7 Å². The third kappa shape index (κ3) is 3.24. The first-order valence-electron chi connectivity index (χ1n) is 8.12. The number of carbonyl (C=O) groups excluding carboxylic acids is 2. The molecule has 0 radical (unpaired) electrons. The quantitative estimate of drug-likeness (QED) is 0.791. The Labute approximate surface area is 135 Å². The van der Waals surface area contributed by atoms with E-state index in [2.05, 4.69) is 10.3 Å². The SMILES string of the molecule is COCCn1cncc1CNC(=O)C1CC(=O)OC12CCCC2. The number of rotatable bonds is 6. The Bertz CT molecular complexity index is 578. The molecule has 126 valence electrons. The minimum absolute atomic E-state index is 0.0998. The number of imidazole rings is 1. The first kappa shape index (κ1) is 16.0. The Morgan fingerprint density at radius 1 is 1.52 bits per heavy atom. The molecule has 1 saturated heterocycles. The van der Waals surface area contributed by atoms with Gasteiger partial charge in [0.1, 0.15) is 5.60 Å². The van der Waals surface area contributed by atoms with Crippen LogP contribution in [0.15, 0.2) is 12.5 Å². The number of hydrogen-bond acceptors (Lipinski definition) is 5. The summed E-state index contributed by atoms with van der Waals surface area (Å²) in [5.41, 5.74) is 0.360. The van der Waals surface area contributed by atoms with Crippen molar-refractivity contribution in [3.8, 4) is 0 Å². The Morgan fingerprint density at radius 3 is 3.04 bits per heavy atom. The summed E-state index contributed by atoms with van der Waals surface area (Å²) < 4.78 is 12.5. The summed E-state index contributed by atoms with van der Waals surface area (Å²) in [6.07, 6.45) is 7.26. The van der Waals surface area contributed by atoms with Gasteiger partial charge in [0.25, 0.3) is 0 Å². The number of nitrogens with one attached hydrogen (secondary N) is 1. The molecular weight excluding hydrogens is 298 g/mol. The average molecular weight is 321 g/mol. The van der Waals surface area contributed by atoms with Crippen molar-refractivity contribution in [1.29, 1.82) is 0 Å². The van der Waals surface area contributed by atoms with Gasteiger partial charge < -0.3 is 19.4 Å². The molecule has 1 amide bonds. The minimum Gasteiger partial charge on any atom is -0.458 e. The van der Waals surface area contributed by atoms with Gasteiger partial charge in [0.2, 0.25) is 5.91 Å². The lowest BCUT2D eigenvalue weighted by atomic mass is 9.85. The van der Waals surface area contributed by atoms with Gasteiger partial charge in [-0.3, -0.25) is 9.59 Å². The second-order valence-electron chi connectivity index (χ2n) is 6.29. The Kier molecular flexibility index (Phi) is 4.66. The molecule has 1 N–H and O–H groups in total. The highest BCUT2D eigenvalue weighted by atomic mass is 16.6. The summed E-state index contributed by atoms with van der Waals surface area (Å²) in [5, 5.41) is 2.94. The van der Waals surface area contributed by atoms with Crippen LogP contribution in [0, 0.1) is 5.92 Å². The fraction of sp³-hybridized carbons (Fsp3) is 0.688. The number of carbonyl (C=O) groups is 2. The molecule has 2 fully saturated rings. The fourth-order valence-corrected chi connectivity index (χ4v) is 3.63. The Morgan fingerprint density at radius 2 is 2.30 bits per heavy atom. The summed E-state index contributed by atoms with van der Waals surface area (Å²) in [5.74, 6) is -0.720. The normalized spacial score (nSPS) is 22.5. The molecule has 1 aromatic rings. The van der Waals surface area contributed by atoms with E-state index in [1.807, 2.05) is 4.57 Å². The van der Waals surface area contributed by atoms with Crippen molar-refractivity contribution in [2.75, 3.05) is 13.7 Å². The van der Waals surface area contributed by atoms with Gasteiger partial charge in [-0.15, -0.1) is 0 Å². The molecule has 7 heteroatoms. The number of ether oxygens (including phenoxy) is 2. The van der Waals surface area contributed by atoms with E-state index in [0.29, 0.717) is 19.7 Å². The van der Waals surface area contributed by atoms with Crippen LogP contribution in [0.4, 0.5) is 0 Å². The topological polar surface area (TPSA) is 82.5 Å². The number of hydrogen-bond donors (Lipinski definition) is 1. The van der Waals surface area contributed by atoms with E-state index >= 15 is 0 Å². The summed E-state index contributed by atoms with van der Waals surface area (Å²) in [4.78, 5) is 28.4. The minimum atomic E-state index is -0.558. The van der Waals surface area contributed by atoms with E-state index < -0.39 is 5.60 Å². The van der Waals surface area contributed by atoms with Gasteiger partial charge in [0.15, 0.2) is 0 Å². The van der Waals surface area contributed by atoms with Gasteiger partial charge in [-0.25, -0.2) is 4.98 Å². The van der Waals surface area contributed by atoms with Gasteiger partial charge in [-0.2, -0.15) is 0 Å². The predicted molar refractivity (Wildman–Crippen MR) is 81.3 cm³/mol. The van der Waals surface area contributed by atoms with Crippen LogP contribution in [-0.2, 0) is 32.2 Å². The van der Waals surface area contributed by atoms with Crippen LogP contribution >= 0.6 is 0 Å². The van der Waals surface area contributed by atoms with Crippen molar-refractivity contribution in [3.63, 3.8) is 0 Å². The lowest BCUT2D eigenvalue weighted by Gasteiger charge is -2.27. The van der Waals surface area contributed by atoms with Crippen LogP contribution in [0.3, 0.4) is 0 Å². The molecule has 1 spiro atoms. The van der Waals surface area contributed by atoms with E-state index in [4.69, 9.17) is 9.47 Å². The Balaban J connectivity index is 1.61. The van der Waals surface area contributed by atoms with E-state index in [1.165, 1.54) is 0 Å². The molecule has 0 aromatic carbocycles. The van der Waals surface area contributed by atoms with Crippen LogP contribution in [0.2, 0.25) is 0 Å². The highest BCUT2D eigenvalue weighted by molar-refractivity contribution is 5.87. The van der Waals surface area contributed by atoms with Crippen molar-refractivity contribution < 1.29 is 19.1 Å². The Hall–Kier alpha value is -1.89. The van der Waals surface area contributed by atoms with Gasteiger partial charge in [0, 0.05) is 19.9 Å². The summed E-state index contributed by atoms with van der Waals surface area (Å²) in [6, 6.07) is 0. The maximum absolute atomic E-state index is 12.6. The number of nitrogens with zero attached hydrogens (tertiary/aromatic N) is 2. The van der Waals surface area contributed by atoms with E-state index in [1.54, 1.807) is 19.6 Å². The number of aromatic nitrogens is 2. The molecule has 0 bridgehead atoms. The van der Waals surface area contributed by atoms with Crippen LogP contribution in [0.1, 0.15) is 37.8 Å². The molecular formula is C16H23N3O4. The molecule has 7 nitrogen and oxygen atoms in total. The van der Waals surface area contributed by atoms with Crippen molar-refractivity contribution in [3.05, 3.63) is 18.2 Å². The fourth-order valence-electron chi connectivity index (χ4n) is 3.63. The first-order chi connectivity index (χ1) is 11.1. The summed E-state index contributed by atoms with van der Waals surface area (Å²) in [6.45, 7) is 1.67. The molecule has 23 heavy (non-hydrogen) atoms. The maximum Gasteiger partial charge on any atom is 0.307 e. The molecule has 1 saturated carbocycles. The molecule has 2 aliphatic rings. The van der Waals surface area contributed by atoms with Crippen LogP contribution < -0.4 is 5.32 Å². The van der Waals surface area contributed by atoms with Gasteiger partial charge in [0.05, 0.1) is 37.5 Å². The van der Waals surface area contributed by atoms with Crippen molar-refractivity contribution in [2.45, 2.75) is 50.8 Å². The van der Waals surface area contributed by atoms with Crippen LogP contribution in [-0.4, -0.2) is 40.7 Å². The second-order valence-corrected chi connectivity index (χ2v) is 6.29. The molecule has 1 aromatic heterocycles. The highest BCUT2D eigenvalue weighted by Gasteiger charge is 2.53. The van der Waals surface area contributed by atoms with Crippen molar-refractivity contribution in [2.24, 2.45) is 5.92 Å². The smallest absolute Gasteiger partial charge is 0.307 e. The number of methoxy groups -OCH3 is 1. The zero-order valence-corrected chi connectivity index (χ0v) is 13.4. The first-order valence-corrected chi connectivity index (χ1v) is 8.12. The largest absolute Gasteiger partial charge is 0.458 e.